The number of carbonyl (C=O) groups is 1. The summed E-state index contributed by atoms with van der Waals surface area (Å²) in [5, 5.41) is 0.303. The van der Waals surface area contributed by atoms with Crippen LogP contribution in [0, 0.1) is 0 Å². The van der Waals surface area contributed by atoms with Gasteiger partial charge in [-0.05, 0) is 26.0 Å². The van der Waals surface area contributed by atoms with Crippen LogP contribution in [0.15, 0.2) is 24.3 Å². The van der Waals surface area contributed by atoms with Crippen molar-refractivity contribution in [1.29, 1.82) is 0 Å². The van der Waals surface area contributed by atoms with E-state index in [1.807, 2.05) is 13.8 Å². The van der Waals surface area contributed by atoms with Crippen molar-refractivity contribution in [3.8, 4) is 0 Å². The molecule has 0 saturated carbocycles. The maximum Gasteiger partial charge on any atom is 0.361 e. The second-order valence-electron chi connectivity index (χ2n) is 3.86. The molecule has 0 heterocycles. The fourth-order valence-corrected chi connectivity index (χ4v) is 3.12. The number of rotatable bonds is 6. The summed E-state index contributed by atoms with van der Waals surface area (Å²) in [6.07, 6.45) is 0. The van der Waals surface area contributed by atoms with E-state index in [0.29, 0.717) is 24.0 Å². The summed E-state index contributed by atoms with van der Waals surface area (Å²) in [7, 11) is -0.816. The van der Waals surface area contributed by atoms with Gasteiger partial charge in [-0.2, -0.15) is 0 Å². The van der Waals surface area contributed by atoms with Gasteiger partial charge in [-0.25, -0.2) is 0 Å². The van der Waals surface area contributed by atoms with Gasteiger partial charge in [0.15, 0.2) is 0 Å². The number of amides is 1. The lowest BCUT2D eigenvalue weighted by molar-refractivity contribution is 0.0773. The lowest BCUT2D eigenvalue weighted by atomic mass is 10.2. The Kier molecular flexibility index (Phi) is 5.73. The molecule has 0 N–H and O–H groups in total. The topological polar surface area (TPSA) is 55.8 Å². The van der Waals surface area contributed by atoms with E-state index in [-0.39, 0.29) is 5.91 Å². The second-order valence-corrected chi connectivity index (χ2v) is 6.06. The molecular formula is C13H20NO4P. The molecule has 0 saturated heterocycles. The number of hydrogen-bond donors (Lipinski definition) is 0. The second kappa shape index (κ2) is 6.85. The molecule has 0 aromatic heterocycles. The Bertz CT molecular complexity index is 477. The Hall–Kier alpha value is -1.16. The van der Waals surface area contributed by atoms with Crippen LogP contribution in [-0.2, 0) is 13.6 Å². The highest BCUT2D eigenvalue weighted by atomic mass is 31.2. The molecule has 19 heavy (non-hydrogen) atoms. The molecule has 0 unspecified atom stereocenters. The van der Waals surface area contributed by atoms with Gasteiger partial charge in [-0.3, -0.25) is 9.36 Å². The van der Waals surface area contributed by atoms with Crippen LogP contribution in [0.5, 0.6) is 0 Å². The molecule has 106 valence electrons. The van der Waals surface area contributed by atoms with Crippen molar-refractivity contribution in [2.24, 2.45) is 0 Å². The molecule has 5 nitrogen and oxygen atoms in total. The van der Waals surface area contributed by atoms with Crippen LogP contribution in [0.25, 0.3) is 0 Å². The highest BCUT2D eigenvalue weighted by Crippen LogP contribution is 2.46. The average molecular weight is 285 g/mol. The van der Waals surface area contributed by atoms with Crippen molar-refractivity contribution >= 4 is 18.8 Å². The summed E-state index contributed by atoms with van der Waals surface area (Å²) in [5.41, 5.74) is 0.359. The Morgan fingerprint density at radius 1 is 1.16 bits per heavy atom. The zero-order chi connectivity index (χ0) is 14.5. The van der Waals surface area contributed by atoms with Crippen LogP contribution >= 0.6 is 7.60 Å². The van der Waals surface area contributed by atoms with Crippen molar-refractivity contribution < 1.29 is 18.4 Å². The van der Waals surface area contributed by atoms with E-state index in [0.717, 1.165) is 0 Å². The molecule has 0 aliphatic heterocycles. The molecule has 0 spiro atoms. The Morgan fingerprint density at radius 2 is 1.68 bits per heavy atom. The zero-order valence-electron chi connectivity index (χ0n) is 11.8. The smallest absolute Gasteiger partial charge is 0.339 e. The van der Waals surface area contributed by atoms with E-state index in [1.165, 1.54) is 14.2 Å². The summed E-state index contributed by atoms with van der Waals surface area (Å²) < 4.78 is 22.4. The minimum absolute atomic E-state index is 0.171. The summed E-state index contributed by atoms with van der Waals surface area (Å²) in [6, 6.07) is 6.68. The van der Waals surface area contributed by atoms with Gasteiger partial charge in [0.25, 0.3) is 5.91 Å². The third-order valence-electron chi connectivity index (χ3n) is 2.96. The normalized spacial score (nSPS) is 11.4. The molecule has 0 bridgehead atoms. The fourth-order valence-electron chi connectivity index (χ4n) is 1.85. The van der Waals surface area contributed by atoms with Gasteiger partial charge in [0.1, 0.15) is 0 Å². The number of hydrogen-bond acceptors (Lipinski definition) is 4. The molecule has 0 radical (unpaired) electrons. The van der Waals surface area contributed by atoms with E-state index >= 15 is 0 Å². The van der Waals surface area contributed by atoms with Crippen molar-refractivity contribution in [3.05, 3.63) is 29.8 Å². The Morgan fingerprint density at radius 3 is 2.16 bits per heavy atom. The van der Waals surface area contributed by atoms with E-state index in [1.54, 1.807) is 29.2 Å². The van der Waals surface area contributed by atoms with E-state index in [2.05, 4.69) is 0 Å². The van der Waals surface area contributed by atoms with Gasteiger partial charge < -0.3 is 13.9 Å². The average Bonchev–Trinajstić information content (AvgIpc) is 2.47. The molecule has 1 amide bonds. The largest absolute Gasteiger partial charge is 0.361 e. The van der Waals surface area contributed by atoms with Crippen LogP contribution in [0.2, 0.25) is 0 Å². The quantitative estimate of drug-likeness (QED) is 0.752. The molecule has 1 aromatic rings. The van der Waals surface area contributed by atoms with Gasteiger partial charge >= 0.3 is 7.60 Å². The molecular weight excluding hydrogens is 265 g/mol. The van der Waals surface area contributed by atoms with E-state index in [9.17, 15) is 9.36 Å². The Balaban J connectivity index is 3.31. The fraction of sp³-hybridized carbons (Fsp3) is 0.462. The number of benzene rings is 1. The molecule has 1 rings (SSSR count). The third kappa shape index (κ3) is 3.24. The number of carbonyl (C=O) groups excluding carboxylic acids is 1. The molecule has 6 heteroatoms. The summed E-state index contributed by atoms with van der Waals surface area (Å²) in [5.74, 6) is -0.171. The first kappa shape index (κ1) is 15.9. The maximum absolute atomic E-state index is 12.5. The lowest BCUT2D eigenvalue weighted by Gasteiger charge is -2.22. The first-order valence-electron chi connectivity index (χ1n) is 6.14. The van der Waals surface area contributed by atoms with Crippen LogP contribution < -0.4 is 5.30 Å². The van der Waals surface area contributed by atoms with Gasteiger partial charge in [-0.15, -0.1) is 0 Å². The molecule has 1 aromatic carbocycles. The summed E-state index contributed by atoms with van der Waals surface area (Å²) >= 11 is 0. The maximum atomic E-state index is 12.5. The summed E-state index contributed by atoms with van der Waals surface area (Å²) in [4.78, 5) is 14.1. The standard InChI is InChI=1S/C13H20NO4P/c1-5-14(6-2)13(15)11-9-7-8-10-12(11)19(16,17-3)18-4/h7-10H,5-6H2,1-4H3. The SMILES string of the molecule is CCN(CC)C(=O)c1ccccc1P(=O)(OC)OC. The highest BCUT2D eigenvalue weighted by Gasteiger charge is 2.30. The van der Waals surface area contributed by atoms with Crippen molar-refractivity contribution in [1.82, 2.24) is 4.90 Å². The lowest BCUT2D eigenvalue weighted by Crippen LogP contribution is -2.34. The predicted octanol–water partition coefficient (Wildman–Crippen LogP) is 2.28. The number of nitrogens with zero attached hydrogens (tertiary/aromatic N) is 1. The van der Waals surface area contributed by atoms with Crippen LogP contribution in [0.4, 0.5) is 0 Å². The Labute approximate surface area is 114 Å². The minimum Gasteiger partial charge on any atom is -0.339 e. The van der Waals surface area contributed by atoms with Crippen molar-refractivity contribution in [3.63, 3.8) is 0 Å². The molecule has 0 aliphatic carbocycles. The first-order chi connectivity index (χ1) is 9.03. The first-order valence-corrected chi connectivity index (χ1v) is 7.68. The van der Waals surface area contributed by atoms with Crippen molar-refractivity contribution in [2.75, 3.05) is 27.3 Å². The van der Waals surface area contributed by atoms with E-state index in [4.69, 9.17) is 9.05 Å². The monoisotopic (exact) mass is 285 g/mol. The van der Waals surface area contributed by atoms with Gasteiger partial charge in [0, 0.05) is 27.3 Å². The third-order valence-corrected chi connectivity index (χ3v) is 4.90. The van der Waals surface area contributed by atoms with Crippen LogP contribution in [-0.4, -0.2) is 38.1 Å². The highest BCUT2D eigenvalue weighted by molar-refractivity contribution is 7.62. The zero-order valence-corrected chi connectivity index (χ0v) is 12.6. The van der Waals surface area contributed by atoms with E-state index < -0.39 is 7.60 Å². The van der Waals surface area contributed by atoms with Gasteiger partial charge in [0.2, 0.25) is 0 Å². The van der Waals surface area contributed by atoms with Crippen LogP contribution in [0.3, 0.4) is 0 Å². The van der Waals surface area contributed by atoms with Crippen molar-refractivity contribution in [2.45, 2.75) is 13.8 Å². The molecule has 0 fully saturated rings. The van der Waals surface area contributed by atoms with Gasteiger partial charge in [0.05, 0.1) is 10.9 Å². The molecule has 0 atom stereocenters. The summed E-state index contributed by atoms with van der Waals surface area (Å²) in [6.45, 7) is 4.98. The minimum atomic E-state index is -3.43. The predicted molar refractivity (Wildman–Crippen MR) is 75.0 cm³/mol. The van der Waals surface area contributed by atoms with Crippen LogP contribution in [0.1, 0.15) is 24.2 Å². The molecule has 0 aliphatic rings. The van der Waals surface area contributed by atoms with Gasteiger partial charge in [-0.1, -0.05) is 12.1 Å².